The van der Waals surface area contributed by atoms with Crippen LogP contribution in [0.3, 0.4) is 0 Å². The number of hydrogen-bond donors (Lipinski definition) is 0. The molecule has 2 aromatic rings. The van der Waals surface area contributed by atoms with Crippen molar-refractivity contribution in [3.63, 3.8) is 0 Å². The summed E-state index contributed by atoms with van der Waals surface area (Å²) in [6.07, 6.45) is 2.98. The summed E-state index contributed by atoms with van der Waals surface area (Å²) in [6.45, 7) is 0.681. The van der Waals surface area contributed by atoms with E-state index < -0.39 is 0 Å². The van der Waals surface area contributed by atoms with Crippen molar-refractivity contribution in [3.05, 3.63) is 47.9 Å². The number of methoxy groups -OCH3 is 2. The molecule has 7 heteroatoms. The molecule has 1 aromatic carbocycles. The first-order valence-corrected chi connectivity index (χ1v) is 7.06. The summed E-state index contributed by atoms with van der Waals surface area (Å²) >= 11 is 0. The summed E-state index contributed by atoms with van der Waals surface area (Å²) in [5.74, 6) is 1.25. The molecule has 3 rings (SSSR count). The second kappa shape index (κ2) is 6.43. The van der Waals surface area contributed by atoms with Crippen LogP contribution < -0.4 is 4.74 Å². The van der Waals surface area contributed by atoms with E-state index in [9.17, 15) is 4.79 Å². The van der Waals surface area contributed by atoms with Crippen molar-refractivity contribution in [1.29, 1.82) is 0 Å². The van der Waals surface area contributed by atoms with Gasteiger partial charge in [0.1, 0.15) is 5.75 Å². The van der Waals surface area contributed by atoms with Crippen LogP contribution in [-0.4, -0.2) is 47.4 Å². The molecule has 2 heterocycles. The highest BCUT2D eigenvalue weighted by Gasteiger charge is 2.26. The van der Waals surface area contributed by atoms with E-state index in [0.29, 0.717) is 12.4 Å². The molecule has 0 atom stereocenters. The molecular weight excluding hydrogens is 296 g/mol. The van der Waals surface area contributed by atoms with Crippen LogP contribution in [0.15, 0.2) is 41.7 Å². The number of hydrogen-bond acceptors (Lipinski definition) is 6. The maximum absolute atomic E-state index is 12.7. The zero-order valence-electron chi connectivity index (χ0n) is 12.9. The van der Waals surface area contributed by atoms with Gasteiger partial charge in [-0.2, -0.15) is 4.99 Å². The number of carbonyl (C=O) groups is 1. The molecule has 23 heavy (non-hydrogen) atoms. The number of nitrogens with zero attached hydrogens (tertiary/aromatic N) is 4. The fourth-order valence-corrected chi connectivity index (χ4v) is 2.29. The van der Waals surface area contributed by atoms with Crippen molar-refractivity contribution in [2.24, 2.45) is 4.99 Å². The lowest BCUT2D eigenvalue weighted by Gasteiger charge is -2.20. The SMILES string of the molecule is COC1=Nc2nccnc2C(=O)N(Cc2ccc(OC)cc2)C1. The van der Waals surface area contributed by atoms with E-state index in [4.69, 9.17) is 9.47 Å². The van der Waals surface area contributed by atoms with Gasteiger partial charge in [0, 0.05) is 18.9 Å². The van der Waals surface area contributed by atoms with Gasteiger partial charge in [-0.1, -0.05) is 12.1 Å². The number of carbonyl (C=O) groups excluding carboxylic acids is 1. The van der Waals surface area contributed by atoms with Crippen molar-refractivity contribution in [3.8, 4) is 5.75 Å². The summed E-state index contributed by atoms with van der Waals surface area (Å²) in [6, 6.07) is 7.55. The highest BCUT2D eigenvalue weighted by molar-refractivity contribution is 6.01. The summed E-state index contributed by atoms with van der Waals surface area (Å²) in [5, 5.41) is 0. The van der Waals surface area contributed by atoms with E-state index in [0.717, 1.165) is 11.3 Å². The lowest BCUT2D eigenvalue weighted by atomic mass is 10.2. The molecule has 1 amide bonds. The van der Waals surface area contributed by atoms with Crippen LogP contribution in [0.4, 0.5) is 5.82 Å². The van der Waals surface area contributed by atoms with Crippen molar-refractivity contribution < 1.29 is 14.3 Å². The second-order valence-corrected chi connectivity index (χ2v) is 4.95. The van der Waals surface area contributed by atoms with Crippen molar-refractivity contribution in [2.75, 3.05) is 20.8 Å². The molecule has 0 radical (unpaired) electrons. The Morgan fingerprint density at radius 3 is 2.52 bits per heavy atom. The lowest BCUT2D eigenvalue weighted by Crippen LogP contribution is -2.34. The van der Waals surface area contributed by atoms with E-state index in [1.165, 1.54) is 19.5 Å². The van der Waals surface area contributed by atoms with Crippen molar-refractivity contribution in [2.45, 2.75) is 6.54 Å². The summed E-state index contributed by atoms with van der Waals surface area (Å²) in [7, 11) is 3.14. The number of benzene rings is 1. The van der Waals surface area contributed by atoms with Gasteiger partial charge in [0.05, 0.1) is 20.8 Å². The van der Waals surface area contributed by atoms with Crippen LogP contribution in [-0.2, 0) is 11.3 Å². The minimum atomic E-state index is -0.222. The molecule has 0 fully saturated rings. The van der Waals surface area contributed by atoms with E-state index in [1.54, 1.807) is 12.0 Å². The number of ether oxygens (including phenoxy) is 2. The maximum Gasteiger partial charge on any atom is 0.277 e. The van der Waals surface area contributed by atoms with Gasteiger partial charge in [-0.3, -0.25) is 4.79 Å². The fraction of sp³-hybridized carbons (Fsp3) is 0.250. The minimum Gasteiger partial charge on any atom is -0.497 e. The molecule has 1 aliphatic heterocycles. The first-order valence-electron chi connectivity index (χ1n) is 7.06. The largest absolute Gasteiger partial charge is 0.497 e. The predicted octanol–water partition coefficient (Wildman–Crippen LogP) is 1.82. The van der Waals surface area contributed by atoms with Crippen LogP contribution in [0, 0.1) is 0 Å². The van der Waals surface area contributed by atoms with Crippen LogP contribution >= 0.6 is 0 Å². The molecule has 118 valence electrons. The monoisotopic (exact) mass is 312 g/mol. The Hall–Kier alpha value is -2.96. The van der Waals surface area contributed by atoms with Gasteiger partial charge in [-0.05, 0) is 17.7 Å². The highest BCUT2D eigenvalue weighted by Crippen LogP contribution is 2.21. The number of rotatable bonds is 3. The Balaban J connectivity index is 1.89. The zero-order valence-corrected chi connectivity index (χ0v) is 12.9. The molecule has 0 bridgehead atoms. The molecule has 7 nitrogen and oxygen atoms in total. The normalized spacial score (nSPS) is 13.9. The first kappa shape index (κ1) is 15.0. The smallest absolute Gasteiger partial charge is 0.277 e. The molecule has 0 aliphatic carbocycles. The summed E-state index contributed by atoms with van der Waals surface area (Å²) in [4.78, 5) is 26.8. The molecule has 0 N–H and O–H groups in total. The molecule has 0 unspecified atom stereocenters. The molecule has 0 spiro atoms. The Labute approximate surface area is 133 Å². The maximum atomic E-state index is 12.7. The van der Waals surface area contributed by atoms with Gasteiger partial charge in [0.15, 0.2) is 11.5 Å². The number of aromatic nitrogens is 2. The average Bonchev–Trinajstić information content (AvgIpc) is 2.73. The third-order valence-corrected chi connectivity index (χ3v) is 3.49. The Morgan fingerprint density at radius 2 is 1.83 bits per heavy atom. The third kappa shape index (κ3) is 3.13. The Morgan fingerprint density at radius 1 is 1.09 bits per heavy atom. The summed E-state index contributed by atoms with van der Waals surface area (Å²) < 4.78 is 10.4. The molecule has 0 saturated heterocycles. The number of amides is 1. The lowest BCUT2D eigenvalue weighted by molar-refractivity contribution is 0.0758. The van der Waals surface area contributed by atoms with Crippen LogP contribution in [0.1, 0.15) is 16.1 Å². The zero-order chi connectivity index (χ0) is 16.2. The van der Waals surface area contributed by atoms with Crippen LogP contribution in [0.5, 0.6) is 5.75 Å². The van der Waals surface area contributed by atoms with E-state index in [1.807, 2.05) is 24.3 Å². The molecular formula is C16H16N4O3. The predicted molar refractivity (Wildman–Crippen MR) is 83.9 cm³/mol. The standard InChI is InChI=1S/C16H16N4O3/c1-22-12-5-3-11(4-6-12)9-20-10-13(23-2)19-15-14(16(20)21)17-7-8-18-15/h3-8H,9-10H2,1-2H3. The van der Waals surface area contributed by atoms with Gasteiger partial charge in [0.2, 0.25) is 5.90 Å². The van der Waals surface area contributed by atoms with Crippen LogP contribution in [0.25, 0.3) is 0 Å². The number of aliphatic imine (C=N–C) groups is 1. The van der Waals surface area contributed by atoms with Gasteiger partial charge < -0.3 is 14.4 Å². The Kier molecular flexibility index (Phi) is 4.18. The van der Waals surface area contributed by atoms with E-state index >= 15 is 0 Å². The molecule has 1 aliphatic rings. The minimum absolute atomic E-state index is 0.222. The second-order valence-electron chi connectivity index (χ2n) is 4.95. The van der Waals surface area contributed by atoms with Crippen molar-refractivity contribution in [1.82, 2.24) is 14.9 Å². The quantitative estimate of drug-likeness (QED) is 0.864. The van der Waals surface area contributed by atoms with Gasteiger partial charge in [-0.25, -0.2) is 9.97 Å². The molecule has 0 saturated carbocycles. The van der Waals surface area contributed by atoms with Crippen molar-refractivity contribution >= 4 is 17.6 Å². The van der Waals surface area contributed by atoms with E-state index in [2.05, 4.69) is 15.0 Å². The van der Waals surface area contributed by atoms with E-state index in [-0.39, 0.29) is 24.0 Å². The average molecular weight is 312 g/mol. The summed E-state index contributed by atoms with van der Waals surface area (Å²) in [5.41, 5.74) is 1.20. The van der Waals surface area contributed by atoms with Crippen LogP contribution in [0.2, 0.25) is 0 Å². The highest BCUT2D eigenvalue weighted by atomic mass is 16.5. The van der Waals surface area contributed by atoms with Gasteiger partial charge >= 0.3 is 0 Å². The fourth-order valence-electron chi connectivity index (χ4n) is 2.29. The topological polar surface area (TPSA) is 76.9 Å². The molecule has 1 aromatic heterocycles. The van der Waals surface area contributed by atoms with Gasteiger partial charge in [-0.15, -0.1) is 0 Å². The Bertz CT molecular complexity index is 743. The first-order chi connectivity index (χ1) is 11.2. The van der Waals surface area contributed by atoms with Gasteiger partial charge in [0.25, 0.3) is 5.91 Å². The third-order valence-electron chi connectivity index (χ3n) is 3.49. The number of fused-ring (bicyclic) bond motifs is 1.